The van der Waals surface area contributed by atoms with Gasteiger partial charge < -0.3 is 22.4 Å². The molecule has 0 aliphatic carbocycles. The average Bonchev–Trinajstić information content (AvgIpc) is 2.57. The molecule has 0 fully saturated rings. The Bertz CT molecular complexity index is 325. The van der Waals surface area contributed by atoms with Crippen molar-refractivity contribution in [2.45, 2.75) is 91.4 Å². The lowest BCUT2D eigenvalue weighted by molar-refractivity contribution is 0.0623. The lowest BCUT2D eigenvalue weighted by atomic mass is 10.5. The zero-order valence-corrected chi connectivity index (χ0v) is 21.4. The SMILES string of the molecule is CCO[Si](CCCOCCO[Si](C(C)C)(C(C)C)C(C)C)(OCC)OCC. The largest absolute Gasteiger partial charge is 0.501 e. The lowest BCUT2D eigenvalue weighted by Gasteiger charge is -2.42. The molecule has 7 heteroatoms. The maximum absolute atomic E-state index is 6.53. The molecule has 0 saturated heterocycles. The first-order chi connectivity index (χ1) is 12.7. The molecule has 0 atom stereocenters. The Labute approximate surface area is 170 Å². The zero-order chi connectivity index (χ0) is 20.9. The van der Waals surface area contributed by atoms with E-state index in [0.29, 0.717) is 56.3 Å². The molecule has 0 bridgehead atoms. The van der Waals surface area contributed by atoms with Gasteiger partial charge in [0.1, 0.15) is 0 Å². The number of rotatable bonds is 17. The maximum atomic E-state index is 6.53. The molecule has 0 heterocycles. The smallest absolute Gasteiger partial charge is 0.414 e. The molecule has 0 rings (SSSR count). The minimum absolute atomic E-state index is 0.604. The fourth-order valence-electron chi connectivity index (χ4n) is 4.27. The van der Waals surface area contributed by atoms with E-state index in [2.05, 4.69) is 41.5 Å². The van der Waals surface area contributed by atoms with Crippen molar-refractivity contribution < 1.29 is 22.4 Å². The summed E-state index contributed by atoms with van der Waals surface area (Å²) in [7, 11) is -4.33. The van der Waals surface area contributed by atoms with Gasteiger partial charge in [0.05, 0.1) is 13.2 Å². The van der Waals surface area contributed by atoms with Crippen molar-refractivity contribution in [2.24, 2.45) is 0 Å². The number of hydrogen-bond donors (Lipinski definition) is 0. The van der Waals surface area contributed by atoms with Crippen molar-refractivity contribution in [3.63, 3.8) is 0 Å². The summed E-state index contributed by atoms with van der Waals surface area (Å²) in [5.41, 5.74) is 1.81. The molecule has 164 valence electrons. The van der Waals surface area contributed by atoms with Gasteiger partial charge in [0.25, 0.3) is 0 Å². The molecule has 0 aromatic heterocycles. The number of hydrogen-bond acceptors (Lipinski definition) is 5. The topological polar surface area (TPSA) is 46.2 Å². The standard InChI is InChI=1S/C20H46O5Si2/c1-10-22-26(23-11-2,24-12-3)17-13-14-21-15-16-25-27(18(4)5,19(6)7)20(8)9/h18-20H,10-17H2,1-9H3. The van der Waals surface area contributed by atoms with Gasteiger partial charge in [-0.2, -0.15) is 0 Å². The summed E-state index contributed by atoms with van der Waals surface area (Å²) in [6.45, 7) is 23.7. The zero-order valence-electron chi connectivity index (χ0n) is 19.4. The van der Waals surface area contributed by atoms with Crippen LogP contribution in [0.15, 0.2) is 0 Å². The van der Waals surface area contributed by atoms with E-state index in [1.165, 1.54) is 0 Å². The minimum atomic E-state index is -2.54. The highest BCUT2D eigenvalue weighted by Crippen LogP contribution is 2.42. The van der Waals surface area contributed by atoms with Crippen LogP contribution in [0.3, 0.4) is 0 Å². The third-order valence-electron chi connectivity index (χ3n) is 5.15. The number of ether oxygens (including phenoxy) is 1. The van der Waals surface area contributed by atoms with E-state index in [0.717, 1.165) is 12.5 Å². The highest BCUT2D eigenvalue weighted by Gasteiger charge is 2.45. The first-order valence-electron chi connectivity index (χ1n) is 10.9. The maximum Gasteiger partial charge on any atom is 0.501 e. The van der Waals surface area contributed by atoms with Crippen molar-refractivity contribution in [3.05, 3.63) is 0 Å². The van der Waals surface area contributed by atoms with Crippen molar-refractivity contribution in [1.29, 1.82) is 0 Å². The monoisotopic (exact) mass is 422 g/mol. The van der Waals surface area contributed by atoms with E-state index in [1.54, 1.807) is 0 Å². The lowest BCUT2D eigenvalue weighted by Crippen LogP contribution is -2.48. The molecule has 27 heavy (non-hydrogen) atoms. The van der Waals surface area contributed by atoms with Gasteiger partial charge in [0, 0.05) is 32.5 Å². The van der Waals surface area contributed by atoms with Gasteiger partial charge >= 0.3 is 8.80 Å². The van der Waals surface area contributed by atoms with E-state index < -0.39 is 17.1 Å². The molecule has 0 amide bonds. The minimum Gasteiger partial charge on any atom is -0.414 e. The summed E-state index contributed by atoms with van der Waals surface area (Å²) >= 11 is 0. The Morgan fingerprint density at radius 1 is 0.593 bits per heavy atom. The third kappa shape index (κ3) is 8.64. The van der Waals surface area contributed by atoms with Gasteiger partial charge in [0.2, 0.25) is 0 Å². The van der Waals surface area contributed by atoms with Crippen LogP contribution in [-0.4, -0.2) is 56.8 Å². The summed E-state index contributed by atoms with van der Waals surface area (Å²) in [5, 5.41) is 0. The molecular weight excluding hydrogens is 376 g/mol. The van der Waals surface area contributed by atoms with Crippen LogP contribution in [0.2, 0.25) is 22.7 Å². The van der Waals surface area contributed by atoms with E-state index in [4.69, 9.17) is 22.4 Å². The first-order valence-corrected chi connectivity index (χ1v) is 14.9. The summed E-state index contributed by atoms with van der Waals surface area (Å²) in [4.78, 5) is 0. The third-order valence-corrected chi connectivity index (χ3v) is 14.4. The highest BCUT2D eigenvalue weighted by molar-refractivity contribution is 6.77. The van der Waals surface area contributed by atoms with Crippen LogP contribution >= 0.6 is 0 Å². The van der Waals surface area contributed by atoms with Crippen LogP contribution in [0.1, 0.15) is 68.7 Å². The molecule has 0 saturated carbocycles. The van der Waals surface area contributed by atoms with Gasteiger partial charge in [-0.25, -0.2) is 0 Å². The van der Waals surface area contributed by atoms with Crippen molar-refractivity contribution in [2.75, 3.05) is 39.6 Å². The van der Waals surface area contributed by atoms with E-state index in [9.17, 15) is 0 Å². The quantitative estimate of drug-likeness (QED) is 0.224. The van der Waals surface area contributed by atoms with Crippen LogP contribution in [0.25, 0.3) is 0 Å². The summed E-state index contributed by atoms with van der Waals surface area (Å²) < 4.78 is 30.0. The van der Waals surface area contributed by atoms with Crippen LogP contribution in [-0.2, 0) is 22.4 Å². The molecule has 0 aromatic rings. The molecule has 0 N–H and O–H groups in total. The molecule has 0 aliphatic heterocycles. The summed E-state index contributed by atoms with van der Waals surface area (Å²) in [6, 6.07) is 0.798. The van der Waals surface area contributed by atoms with Crippen LogP contribution in [0.5, 0.6) is 0 Å². The molecular formula is C20H46O5Si2. The van der Waals surface area contributed by atoms with Crippen LogP contribution < -0.4 is 0 Å². The summed E-state index contributed by atoms with van der Waals surface area (Å²) in [6.07, 6.45) is 0.882. The van der Waals surface area contributed by atoms with Gasteiger partial charge in [-0.1, -0.05) is 41.5 Å². The second-order valence-corrected chi connectivity index (χ2v) is 16.1. The fourth-order valence-corrected chi connectivity index (χ4v) is 12.3. The van der Waals surface area contributed by atoms with E-state index in [-0.39, 0.29) is 0 Å². The molecule has 0 aliphatic rings. The van der Waals surface area contributed by atoms with Crippen LogP contribution in [0, 0.1) is 0 Å². The normalized spacial score (nSPS) is 13.3. The molecule has 5 nitrogen and oxygen atoms in total. The van der Waals surface area contributed by atoms with Crippen molar-refractivity contribution in [3.8, 4) is 0 Å². The Morgan fingerprint density at radius 3 is 1.41 bits per heavy atom. The predicted octanol–water partition coefficient (Wildman–Crippen LogP) is 5.63. The summed E-state index contributed by atoms with van der Waals surface area (Å²) in [5.74, 6) is 0. The Morgan fingerprint density at radius 2 is 1.04 bits per heavy atom. The second-order valence-electron chi connectivity index (χ2n) is 7.86. The van der Waals surface area contributed by atoms with E-state index in [1.807, 2.05) is 20.8 Å². The predicted molar refractivity (Wildman–Crippen MR) is 118 cm³/mol. The molecule has 0 radical (unpaired) electrons. The highest BCUT2D eigenvalue weighted by atomic mass is 28.4. The average molecular weight is 423 g/mol. The Balaban J connectivity index is 4.37. The van der Waals surface area contributed by atoms with Gasteiger partial charge in [-0.05, 0) is 43.8 Å². The van der Waals surface area contributed by atoms with Crippen molar-refractivity contribution in [1.82, 2.24) is 0 Å². The Kier molecular flexibility index (Phi) is 14.4. The fraction of sp³-hybridized carbons (Fsp3) is 1.00. The van der Waals surface area contributed by atoms with Crippen LogP contribution in [0.4, 0.5) is 0 Å². The molecule has 0 unspecified atom stereocenters. The Hall–Kier alpha value is 0.234. The molecule has 0 aromatic carbocycles. The molecule has 0 spiro atoms. The van der Waals surface area contributed by atoms with E-state index >= 15 is 0 Å². The van der Waals surface area contributed by atoms with Gasteiger partial charge in [-0.3, -0.25) is 0 Å². The first kappa shape index (κ1) is 27.2. The second kappa shape index (κ2) is 14.3. The van der Waals surface area contributed by atoms with Gasteiger partial charge in [-0.15, -0.1) is 0 Å². The van der Waals surface area contributed by atoms with Crippen molar-refractivity contribution >= 4 is 17.1 Å². The van der Waals surface area contributed by atoms with Gasteiger partial charge in [0.15, 0.2) is 8.32 Å².